The van der Waals surface area contributed by atoms with Gasteiger partial charge >= 0.3 is 0 Å². The monoisotopic (exact) mass is 627 g/mol. The van der Waals surface area contributed by atoms with Crippen molar-refractivity contribution < 1.29 is 33.6 Å². The fraction of sp³-hybridized carbons (Fsp3) is 0.368. The molecule has 8 heteroatoms. The molecule has 0 aliphatic carbocycles. The van der Waals surface area contributed by atoms with Crippen LogP contribution in [0.25, 0.3) is 0 Å². The molecule has 0 radical (unpaired) electrons. The third-order valence-corrected chi connectivity index (χ3v) is 8.40. The van der Waals surface area contributed by atoms with Crippen LogP contribution in [0.1, 0.15) is 28.7 Å². The lowest BCUT2D eigenvalue weighted by molar-refractivity contribution is -0.372. The first-order chi connectivity index (χ1) is 22.7. The summed E-state index contributed by atoms with van der Waals surface area (Å²) in [6, 6.07) is 39.3. The third kappa shape index (κ3) is 8.88. The molecule has 244 valence electrons. The van der Waals surface area contributed by atoms with E-state index in [1.165, 1.54) is 0 Å². The van der Waals surface area contributed by atoms with Crippen molar-refractivity contribution in [2.24, 2.45) is 0 Å². The summed E-state index contributed by atoms with van der Waals surface area (Å²) in [6.45, 7) is 1.40. The molecule has 0 bridgehead atoms. The molecule has 8 nitrogen and oxygen atoms in total. The summed E-state index contributed by atoms with van der Waals surface area (Å²) in [5, 5.41) is 12.8. The maximum absolute atomic E-state index is 10.9. The maximum Gasteiger partial charge on any atom is 0.190 e. The van der Waals surface area contributed by atoms with E-state index in [0.717, 1.165) is 22.3 Å². The number of aliphatic hydroxyl groups is 1. The predicted molar refractivity (Wildman–Crippen MR) is 175 cm³/mol. The lowest BCUT2D eigenvalue weighted by Gasteiger charge is -2.51. The van der Waals surface area contributed by atoms with E-state index >= 15 is 0 Å². The largest absolute Gasteiger partial charge is 0.394 e. The average Bonchev–Trinajstić information content (AvgIpc) is 3.12. The summed E-state index contributed by atoms with van der Waals surface area (Å²) in [6.07, 6.45) is -1.79. The van der Waals surface area contributed by atoms with Crippen LogP contribution in [0.4, 0.5) is 0 Å². The summed E-state index contributed by atoms with van der Waals surface area (Å²) in [7, 11) is 3.29. The molecule has 46 heavy (non-hydrogen) atoms. The Labute approximate surface area is 272 Å². The minimum atomic E-state index is -1.11. The molecule has 1 fully saturated rings. The molecule has 1 saturated heterocycles. The smallest absolute Gasteiger partial charge is 0.190 e. The van der Waals surface area contributed by atoms with Gasteiger partial charge in [-0.2, -0.15) is 5.06 Å². The Bertz CT molecular complexity index is 1390. The molecule has 1 aliphatic rings. The Kier molecular flexibility index (Phi) is 12.9. The highest BCUT2D eigenvalue weighted by Gasteiger charge is 2.55. The highest BCUT2D eigenvalue weighted by molar-refractivity contribution is 5.17. The molecule has 2 unspecified atom stereocenters. The Morgan fingerprint density at radius 3 is 1.61 bits per heavy atom. The molecule has 1 aliphatic heterocycles. The molecule has 0 aromatic heterocycles. The lowest BCUT2D eigenvalue weighted by atomic mass is 9.90. The molecule has 4 aromatic rings. The van der Waals surface area contributed by atoms with Crippen molar-refractivity contribution in [1.82, 2.24) is 5.06 Å². The number of aliphatic hydroxyl groups excluding tert-OH is 1. The molecule has 0 saturated carbocycles. The van der Waals surface area contributed by atoms with Gasteiger partial charge in [0.25, 0.3) is 0 Å². The number of hydrogen-bond acceptors (Lipinski definition) is 8. The molecular weight excluding hydrogens is 582 g/mol. The third-order valence-electron chi connectivity index (χ3n) is 8.40. The van der Waals surface area contributed by atoms with Crippen LogP contribution < -0.4 is 0 Å². The minimum absolute atomic E-state index is 0.279. The second kappa shape index (κ2) is 17.5. The Balaban J connectivity index is 1.56. The zero-order valence-electron chi connectivity index (χ0n) is 26.7. The lowest BCUT2D eigenvalue weighted by Crippen LogP contribution is -2.67. The molecule has 0 amide bonds. The van der Waals surface area contributed by atoms with Crippen LogP contribution in [0.15, 0.2) is 121 Å². The van der Waals surface area contributed by atoms with Crippen LogP contribution in [-0.2, 0) is 54.9 Å². The number of ether oxygens (including phenoxy) is 5. The summed E-state index contributed by atoms with van der Waals surface area (Å²) in [5.74, 6) is -1.11. The van der Waals surface area contributed by atoms with Crippen molar-refractivity contribution in [3.8, 4) is 0 Å². The Morgan fingerprint density at radius 1 is 0.674 bits per heavy atom. The summed E-state index contributed by atoms with van der Waals surface area (Å²) >= 11 is 0. The van der Waals surface area contributed by atoms with E-state index in [4.69, 9.17) is 28.5 Å². The van der Waals surface area contributed by atoms with Gasteiger partial charge in [-0.3, -0.25) is 4.84 Å². The van der Waals surface area contributed by atoms with Crippen molar-refractivity contribution in [3.63, 3.8) is 0 Å². The standard InChI is InChI=1S/C38H45NO7/c1-41-38(42-2)23-24-46-39(25-30-15-7-3-8-16-30)37(38)36(45-29-33-21-13-6-14-22-33)35(44-28-32-19-11-5-12-20-32)34(26-40)43-27-31-17-9-4-10-18-31/h3-22,34-37,40H,23-29H2,1-2H3/t34?,35?,36-,37+/m1/s1. The first kappa shape index (κ1) is 33.9. The van der Waals surface area contributed by atoms with Gasteiger partial charge in [0.15, 0.2) is 5.79 Å². The number of nitrogens with zero attached hydrogens (tertiary/aromatic N) is 1. The van der Waals surface area contributed by atoms with E-state index in [1.54, 1.807) is 14.2 Å². The molecule has 0 spiro atoms. The topological polar surface area (TPSA) is 78.9 Å². The molecule has 1 heterocycles. The summed E-state index contributed by atoms with van der Waals surface area (Å²) in [5.41, 5.74) is 4.02. The van der Waals surface area contributed by atoms with Crippen molar-refractivity contribution in [1.29, 1.82) is 0 Å². The highest BCUT2D eigenvalue weighted by Crippen LogP contribution is 2.37. The van der Waals surface area contributed by atoms with Gasteiger partial charge in [-0.15, -0.1) is 0 Å². The predicted octanol–water partition coefficient (Wildman–Crippen LogP) is 5.93. The fourth-order valence-corrected chi connectivity index (χ4v) is 5.94. The highest BCUT2D eigenvalue weighted by atomic mass is 16.7. The van der Waals surface area contributed by atoms with Crippen LogP contribution in [0.3, 0.4) is 0 Å². The van der Waals surface area contributed by atoms with Gasteiger partial charge in [0.05, 0.1) is 33.0 Å². The fourth-order valence-electron chi connectivity index (χ4n) is 5.94. The zero-order chi connectivity index (χ0) is 32.0. The van der Waals surface area contributed by atoms with Crippen LogP contribution in [0.5, 0.6) is 0 Å². The number of hydroxylamine groups is 2. The molecule has 4 atom stereocenters. The van der Waals surface area contributed by atoms with Gasteiger partial charge in [-0.1, -0.05) is 121 Å². The van der Waals surface area contributed by atoms with Gasteiger partial charge < -0.3 is 28.8 Å². The molecule has 5 rings (SSSR count). The van der Waals surface area contributed by atoms with Crippen molar-refractivity contribution >= 4 is 0 Å². The minimum Gasteiger partial charge on any atom is -0.394 e. The first-order valence-electron chi connectivity index (χ1n) is 15.8. The Hall–Kier alpha value is -3.44. The number of benzene rings is 4. The zero-order valence-corrected chi connectivity index (χ0v) is 26.7. The first-order valence-corrected chi connectivity index (χ1v) is 15.8. The van der Waals surface area contributed by atoms with Gasteiger partial charge in [-0.25, -0.2) is 0 Å². The summed E-state index contributed by atoms with van der Waals surface area (Å²) in [4.78, 5) is 6.38. The summed E-state index contributed by atoms with van der Waals surface area (Å²) < 4.78 is 32.5. The van der Waals surface area contributed by atoms with E-state index in [1.807, 2.05) is 114 Å². The van der Waals surface area contributed by atoms with E-state index in [9.17, 15) is 5.11 Å². The number of hydrogen-bond donors (Lipinski definition) is 1. The van der Waals surface area contributed by atoms with Gasteiger partial charge in [0.1, 0.15) is 24.4 Å². The van der Waals surface area contributed by atoms with Crippen LogP contribution in [0, 0.1) is 0 Å². The quantitative estimate of drug-likeness (QED) is 0.144. The van der Waals surface area contributed by atoms with E-state index in [2.05, 4.69) is 12.1 Å². The second-order valence-corrected chi connectivity index (χ2v) is 11.3. The molecule has 4 aromatic carbocycles. The SMILES string of the molecule is COC1(OC)CCON(Cc2ccccc2)[C@H]1[C@H](OCc1ccccc1)C(OCc1ccccc1)C(CO)OCc1ccccc1. The average molecular weight is 628 g/mol. The van der Waals surface area contributed by atoms with Crippen LogP contribution in [0.2, 0.25) is 0 Å². The van der Waals surface area contributed by atoms with E-state index in [0.29, 0.717) is 19.6 Å². The van der Waals surface area contributed by atoms with Crippen molar-refractivity contribution in [2.75, 3.05) is 27.4 Å². The van der Waals surface area contributed by atoms with Gasteiger partial charge in [0, 0.05) is 27.2 Å². The van der Waals surface area contributed by atoms with E-state index in [-0.39, 0.29) is 26.4 Å². The number of rotatable bonds is 17. The Morgan fingerprint density at radius 2 is 1.13 bits per heavy atom. The van der Waals surface area contributed by atoms with Crippen molar-refractivity contribution in [3.05, 3.63) is 144 Å². The van der Waals surface area contributed by atoms with Gasteiger partial charge in [0.2, 0.25) is 0 Å². The van der Waals surface area contributed by atoms with Crippen LogP contribution >= 0.6 is 0 Å². The normalized spacial score (nSPS) is 18.5. The van der Waals surface area contributed by atoms with Crippen LogP contribution in [-0.4, -0.2) is 67.7 Å². The van der Waals surface area contributed by atoms with E-state index < -0.39 is 30.1 Å². The van der Waals surface area contributed by atoms with Gasteiger partial charge in [-0.05, 0) is 22.3 Å². The molecule has 1 N–H and O–H groups in total. The number of methoxy groups -OCH3 is 2. The van der Waals surface area contributed by atoms with Crippen molar-refractivity contribution in [2.45, 2.75) is 62.9 Å². The second-order valence-electron chi connectivity index (χ2n) is 11.3. The molecular formula is C38H45NO7. The maximum atomic E-state index is 10.9.